The zero-order valence-electron chi connectivity index (χ0n) is 17.3. The SMILES string of the molecule is C=CC1CCC(C2CCC(C3Cc4cc(CC)c(F)c(F)c4C3(F)F)CC2)CC1. The second kappa shape index (κ2) is 8.07. The number of halogens is 4. The van der Waals surface area contributed by atoms with Crippen molar-refractivity contribution in [3.63, 3.8) is 0 Å². The lowest BCUT2D eigenvalue weighted by Gasteiger charge is -2.39. The van der Waals surface area contributed by atoms with Crippen molar-refractivity contribution in [3.05, 3.63) is 47.0 Å². The van der Waals surface area contributed by atoms with Crippen molar-refractivity contribution in [1.82, 2.24) is 0 Å². The molecule has 0 aliphatic heterocycles. The third-order valence-corrected chi connectivity index (χ3v) is 8.19. The number of benzene rings is 1. The Morgan fingerprint density at radius 3 is 2.03 bits per heavy atom. The van der Waals surface area contributed by atoms with E-state index in [2.05, 4.69) is 12.7 Å². The van der Waals surface area contributed by atoms with E-state index in [1.54, 1.807) is 6.92 Å². The Hall–Kier alpha value is -1.32. The smallest absolute Gasteiger partial charge is 0.203 e. The molecule has 2 saturated carbocycles. The van der Waals surface area contributed by atoms with Crippen molar-refractivity contribution in [2.75, 3.05) is 0 Å². The van der Waals surface area contributed by atoms with Crippen LogP contribution in [0.4, 0.5) is 17.6 Å². The molecule has 1 aromatic carbocycles. The molecule has 160 valence electrons. The molecule has 0 amide bonds. The maximum Gasteiger partial charge on any atom is 0.279 e. The van der Waals surface area contributed by atoms with Crippen LogP contribution in [0, 0.1) is 41.2 Å². The summed E-state index contributed by atoms with van der Waals surface area (Å²) in [5, 5.41) is 0. The molecule has 0 bridgehead atoms. The topological polar surface area (TPSA) is 0 Å². The molecule has 0 saturated heterocycles. The van der Waals surface area contributed by atoms with Gasteiger partial charge in [-0.1, -0.05) is 19.1 Å². The number of fused-ring (bicyclic) bond motifs is 1. The molecule has 0 N–H and O–H groups in total. The summed E-state index contributed by atoms with van der Waals surface area (Å²) in [6.45, 7) is 5.63. The predicted molar refractivity (Wildman–Crippen MR) is 108 cm³/mol. The molecule has 0 nitrogen and oxygen atoms in total. The Morgan fingerprint density at radius 1 is 0.931 bits per heavy atom. The van der Waals surface area contributed by atoms with Gasteiger partial charge in [0, 0.05) is 5.92 Å². The summed E-state index contributed by atoms with van der Waals surface area (Å²) < 4.78 is 59.0. The lowest BCUT2D eigenvalue weighted by molar-refractivity contribution is -0.0856. The van der Waals surface area contributed by atoms with Crippen LogP contribution >= 0.6 is 0 Å². The Kier molecular flexibility index (Phi) is 5.83. The molecule has 1 aromatic rings. The van der Waals surface area contributed by atoms with E-state index in [0.29, 0.717) is 29.7 Å². The van der Waals surface area contributed by atoms with Crippen LogP contribution in [0.2, 0.25) is 0 Å². The first-order valence-electron chi connectivity index (χ1n) is 11.4. The van der Waals surface area contributed by atoms with Crippen LogP contribution in [-0.4, -0.2) is 0 Å². The molecule has 4 rings (SSSR count). The highest BCUT2D eigenvalue weighted by atomic mass is 19.3. The highest BCUT2D eigenvalue weighted by molar-refractivity contribution is 5.42. The Balaban J connectivity index is 1.44. The summed E-state index contributed by atoms with van der Waals surface area (Å²) in [5.41, 5.74) is -0.140. The van der Waals surface area contributed by atoms with Crippen molar-refractivity contribution in [2.45, 2.75) is 77.1 Å². The zero-order chi connectivity index (χ0) is 20.8. The van der Waals surface area contributed by atoms with Crippen molar-refractivity contribution in [2.24, 2.45) is 29.6 Å². The van der Waals surface area contributed by atoms with Crippen molar-refractivity contribution >= 4 is 0 Å². The van der Waals surface area contributed by atoms with Crippen molar-refractivity contribution in [3.8, 4) is 0 Å². The Labute approximate surface area is 171 Å². The summed E-state index contributed by atoms with van der Waals surface area (Å²) in [5.74, 6) is -4.69. The molecule has 2 fully saturated rings. The minimum atomic E-state index is -3.27. The maximum absolute atomic E-state index is 15.2. The summed E-state index contributed by atoms with van der Waals surface area (Å²) in [4.78, 5) is 0. The molecular weight excluding hydrogens is 376 g/mol. The third kappa shape index (κ3) is 3.65. The molecule has 3 aliphatic carbocycles. The van der Waals surface area contributed by atoms with Gasteiger partial charge in [0.05, 0.1) is 5.56 Å². The highest BCUT2D eigenvalue weighted by Crippen LogP contribution is 2.54. The number of hydrogen-bond donors (Lipinski definition) is 0. The van der Waals surface area contributed by atoms with Gasteiger partial charge in [0.1, 0.15) is 0 Å². The van der Waals surface area contributed by atoms with Gasteiger partial charge in [-0.15, -0.1) is 6.58 Å². The molecule has 0 spiro atoms. The van der Waals surface area contributed by atoms with Gasteiger partial charge in [0.15, 0.2) is 11.6 Å². The van der Waals surface area contributed by atoms with Gasteiger partial charge < -0.3 is 0 Å². The number of aryl methyl sites for hydroxylation is 1. The molecule has 29 heavy (non-hydrogen) atoms. The second-order valence-corrected chi connectivity index (χ2v) is 9.57. The maximum atomic E-state index is 15.2. The van der Waals surface area contributed by atoms with Crippen LogP contribution < -0.4 is 0 Å². The van der Waals surface area contributed by atoms with Gasteiger partial charge in [-0.05, 0) is 99.0 Å². The average Bonchev–Trinajstić information content (AvgIpc) is 3.01. The molecule has 3 aliphatic rings. The molecule has 4 heteroatoms. The first-order valence-corrected chi connectivity index (χ1v) is 11.4. The fourth-order valence-electron chi connectivity index (χ4n) is 6.40. The molecule has 1 atom stereocenters. The fraction of sp³-hybridized carbons (Fsp3) is 0.680. The lowest BCUT2D eigenvalue weighted by atomic mass is 9.67. The van der Waals surface area contributed by atoms with Gasteiger partial charge in [0.25, 0.3) is 5.92 Å². The van der Waals surface area contributed by atoms with E-state index in [1.807, 2.05) is 0 Å². The first-order chi connectivity index (χ1) is 13.9. The van der Waals surface area contributed by atoms with Crippen LogP contribution in [0.15, 0.2) is 18.7 Å². The van der Waals surface area contributed by atoms with Crippen LogP contribution in [0.5, 0.6) is 0 Å². The summed E-state index contributed by atoms with van der Waals surface area (Å²) in [7, 11) is 0. The fourth-order valence-corrected chi connectivity index (χ4v) is 6.40. The number of allylic oxidation sites excluding steroid dienone is 1. The minimum absolute atomic E-state index is 0.106. The van der Waals surface area contributed by atoms with Gasteiger partial charge in [-0.2, -0.15) is 0 Å². The predicted octanol–water partition coefficient (Wildman–Crippen LogP) is 7.59. The molecule has 1 unspecified atom stereocenters. The lowest BCUT2D eigenvalue weighted by Crippen LogP contribution is -2.33. The number of rotatable bonds is 4. The Morgan fingerprint density at radius 2 is 1.48 bits per heavy atom. The van der Waals surface area contributed by atoms with Crippen LogP contribution in [0.1, 0.15) is 75.0 Å². The largest absolute Gasteiger partial charge is 0.279 e. The molecule has 0 heterocycles. The zero-order valence-corrected chi connectivity index (χ0v) is 17.3. The average molecular weight is 409 g/mol. The molecule has 0 radical (unpaired) electrons. The summed E-state index contributed by atoms with van der Waals surface area (Å²) >= 11 is 0. The normalized spacial score (nSPS) is 34.0. The van der Waals surface area contributed by atoms with Crippen LogP contribution in [0.3, 0.4) is 0 Å². The summed E-state index contributed by atoms with van der Waals surface area (Å²) in [6, 6.07) is 1.48. The Bertz CT molecular complexity index is 753. The third-order valence-electron chi connectivity index (χ3n) is 8.19. The van der Waals surface area contributed by atoms with E-state index in [4.69, 9.17) is 0 Å². The van der Waals surface area contributed by atoms with Gasteiger partial charge in [0.2, 0.25) is 0 Å². The monoisotopic (exact) mass is 408 g/mol. The standard InChI is InChI=1S/C25H32F4/c1-3-15-5-7-17(8-6-15)18-9-11-19(12-10-18)21-14-20-13-16(4-2)23(26)24(27)22(20)25(21,28)29/h3,13,15,17-19,21H,1,4-12,14H2,2H3. The van der Waals surface area contributed by atoms with Crippen LogP contribution in [0.25, 0.3) is 0 Å². The number of alkyl halides is 2. The second-order valence-electron chi connectivity index (χ2n) is 9.57. The van der Waals surface area contributed by atoms with E-state index < -0.39 is 29.0 Å². The van der Waals surface area contributed by atoms with Crippen LogP contribution in [-0.2, 0) is 18.8 Å². The molecule has 0 aromatic heterocycles. The molecular formula is C25H32F4. The van der Waals surface area contributed by atoms with E-state index in [1.165, 1.54) is 31.7 Å². The quantitative estimate of drug-likeness (QED) is 0.356. The summed E-state index contributed by atoms with van der Waals surface area (Å²) in [6.07, 6.45) is 11.0. The minimum Gasteiger partial charge on any atom is -0.203 e. The van der Waals surface area contributed by atoms with E-state index in [9.17, 15) is 8.78 Å². The first kappa shape index (κ1) is 20.9. The van der Waals surface area contributed by atoms with E-state index in [0.717, 1.165) is 25.7 Å². The van der Waals surface area contributed by atoms with Gasteiger partial charge in [-0.3, -0.25) is 0 Å². The van der Waals surface area contributed by atoms with E-state index in [-0.39, 0.29) is 17.9 Å². The van der Waals surface area contributed by atoms with Crippen molar-refractivity contribution in [1.29, 1.82) is 0 Å². The highest BCUT2D eigenvalue weighted by Gasteiger charge is 2.54. The van der Waals surface area contributed by atoms with Crippen molar-refractivity contribution < 1.29 is 17.6 Å². The number of hydrogen-bond acceptors (Lipinski definition) is 0. The van der Waals surface area contributed by atoms with Gasteiger partial charge >= 0.3 is 0 Å². The van der Waals surface area contributed by atoms with Gasteiger partial charge in [-0.25, -0.2) is 17.6 Å². The van der Waals surface area contributed by atoms with E-state index >= 15 is 8.78 Å².